The lowest BCUT2D eigenvalue weighted by Crippen LogP contribution is -2.36. The number of hydrogen-bond acceptors (Lipinski definition) is 5. The first-order chi connectivity index (χ1) is 14.5. The van der Waals surface area contributed by atoms with Gasteiger partial charge in [-0.15, -0.1) is 11.3 Å². The number of phenols is 1. The summed E-state index contributed by atoms with van der Waals surface area (Å²) in [6.45, 7) is 1.64. The number of carbonyl (C=O) groups is 1. The zero-order valence-corrected chi connectivity index (χ0v) is 16.8. The summed E-state index contributed by atoms with van der Waals surface area (Å²) in [5.74, 6) is -1.78. The molecule has 8 heteroatoms. The van der Waals surface area contributed by atoms with Gasteiger partial charge in [0.05, 0.1) is 12.2 Å². The predicted octanol–water partition coefficient (Wildman–Crippen LogP) is 4.52. The Bertz CT molecular complexity index is 1100. The summed E-state index contributed by atoms with van der Waals surface area (Å²) < 4.78 is 26.5. The maximum Gasteiger partial charge on any atom is 0.240 e. The van der Waals surface area contributed by atoms with Gasteiger partial charge in [0.15, 0.2) is 16.8 Å². The minimum Gasteiger partial charge on any atom is -0.508 e. The number of amides is 1. The molecule has 0 spiro atoms. The van der Waals surface area contributed by atoms with Crippen LogP contribution in [0.2, 0.25) is 0 Å². The topological polar surface area (TPSA) is 65.5 Å². The van der Waals surface area contributed by atoms with Crippen molar-refractivity contribution < 1.29 is 18.7 Å². The zero-order valence-electron chi connectivity index (χ0n) is 15.9. The molecule has 0 aliphatic carbocycles. The first kappa shape index (κ1) is 20.2. The third-order valence-corrected chi connectivity index (χ3v) is 5.62. The minimum atomic E-state index is -0.934. The molecule has 5 nitrogen and oxygen atoms in total. The molecule has 2 N–H and O–H groups in total. The number of rotatable bonds is 5. The third-order valence-electron chi connectivity index (χ3n) is 4.86. The highest BCUT2D eigenvalue weighted by molar-refractivity contribution is 7.14. The average Bonchev–Trinajstić information content (AvgIpc) is 3.19. The second-order valence-electron chi connectivity index (χ2n) is 6.98. The molecule has 0 fully saturated rings. The van der Waals surface area contributed by atoms with Crippen molar-refractivity contribution in [1.29, 1.82) is 0 Å². The Hall–Kier alpha value is -3.10. The van der Waals surface area contributed by atoms with E-state index >= 15 is 0 Å². The molecule has 0 bridgehead atoms. The fraction of sp³-hybridized carbons (Fsp3) is 0.182. The normalized spacial score (nSPS) is 14.4. The highest BCUT2D eigenvalue weighted by Gasteiger charge is 2.17. The summed E-state index contributed by atoms with van der Waals surface area (Å²) in [5.41, 5.74) is 3.20. The lowest BCUT2D eigenvalue weighted by Gasteiger charge is -2.25. The van der Waals surface area contributed by atoms with E-state index in [0.29, 0.717) is 22.9 Å². The van der Waals surface area contributed by atoms with Gasteiger partial charge in [0.25, 0.3) is 0 Å². The molecular weight excluding hydrogens is 408 g/mol. The Morgan fingerprint density at radius 2 is 1.90 bits per heavy atom. The van der Waals surface area contributed by atoms with Crippen LogP contribution < -0.4 is 5.32 Å². The van der Waals surface area contributed by atoms with Crippen LogP contribution in [0.3, 0.4) is 0 Å². The standard InChI is InChI=1S/C22H19F2N3O2S/c23-18-6-3-16(11-19(18)24)20-13-30-22(25-20)26-21(29)12-27-9-7-15(8-10-27)14-1-4-17(28)5-2-14/h1-7,11,13,28H,8-10,12H2,(H,25,26,29). The molecule has 1 aromatic heterocycles. The number of halogens is 2. The third kappa shape index (κ3) is 4.72. The van der Waals surface area contributed by atoms with Gasteiger partial charge in [0, 0.05) is 24.0 Å². The Morgan fingerprint density at radius 1 is 1.13 bits per heavy atom. The van der Waals surface area contributed by atoms with Gasteiger partial charge >= 0.3 is 0 Å². The van der Waals surface area contributed by atoms with Gasteiger partial charge in [-0.25, -0.2) is 13.8 Å². The van der Waals surface area contributed by atoms with Gasteiger partial charge in [-0.1, -0.05) is 18.2 Å². The van der Waals surface area contributed by atoms with E-state index in [1.165, 1.54) is 23.0 Å². The van der Waals surface area contributed by atoms with E-state index in [1.54, 1.807) is 17.5 Å². The number of aromatic nitrogens is 1. The van der Waals surface area contributed by atoms with Crippen molar-refractivity contribution in [2.24, 2.45) is 0 Å². The number of hydrogen-bond donors (Lipinski definition) is 2. The molecule has 0 unspecified atom stereocenters. The molecule has 0 saturated carbocycles. The first-order valence-corrected chi connectivity index (χ1v) is 10.3. The molecule has 4 rings (SSSR count). The fourth-order valence-corrected chi connectivity index (χ4v) is 4.01. The van der Waals surface area contributed by atoms with Crippen LogP contribution in [0.1, 0.15) is 12.0 Å². The van der Waals surface area contributed by atoms with Gasteiger partial charge in [0.2, 0.25) is 5.91 Å². The molecular formula is C22H19F2N3O2S. The second kappa shape index (κ2) is 8.73. The van der Waals surface area contributed by atoms with Crippen molar-refractivity contribution in [3.63, 3.8) is 0 Å². The number of nitrogens with one attached hydrogen (secondary N) is 1. The molecule has 154 valence electrons. The molecule has 1 aliphatic heterocycles. The summed E-state index contributed by atoms with van der Waals surface area (Å²) in [5, 5.41) is 14.3. The van der Waals surface area contributed by atoms with Gasteiger partial charge in [0.1, 0.15) is 5.75 Å². The minimum absolute atomic E-state index is 0.178. The fourth-order valence-electron chi connectivity index (χ4n) is 3.27. The molecule has 0 radical (unpaired) electrons. The van der Waals surface area contributed by atoms with Crippen molar-refractivity contribution in [3.8, 4) is 17.0 Å². The number of benzene rings is 2. The quantitative estimate of drug-likeness (QED) is 0.628. The zero-order chi connectivity index (χ0) is 21.1. The van der Waals surface area contributed by atoms with E-state index in [-0.39, 0.29) is 18.2 Å². The number of phenolic OH excluding ortho intramolecular Hbond substituents is 1. The number of anilines is 1. The van der Waals surface area contributed by atoms with Gasteiger partial charge in [-0.3, -0.25) is 9.69 Å². The van der Waals surface area contributed by atoms with Crippen molar-refractivity contribution >= 4 is 27.9 Å². The molecule has 3 aromatic rings. The predicted molar refractivity (Wildman–Crippen MR) is 113 cm³/mol. The molecule has 30 heavy (non-hydrogen) atoms. The molecule has 2 heterocycles. The van der Waals surface area contributed by atoms with E-state index in [1.807, 2.05) is 17.0 Å². The number of aromatic hydroxyl groups is 1. The Labute approximate surface area is 176 Å². The van der Waals surface area contributed by atoms with Gasteiger partial charge < -0.3 is 10.4 Å². The molecule has 1 aliphatic rings. The lowest BCUT2D eigenvalue weighted by atomic mass is 9.99. The van der Waals surface area contributed by atoms with Gasteiger partial charge in [-0.2, -0.15) is 0 Å². The number of thiazole rings is 1. The van der Waals surface area contributed by atoms with Crippen LogP contribution in [0.4, 0.5) is 13.9 Å². The highest BCUT2D eigenvalue weighted by Crippen LogP contribution is 2.27. The maximum atomic E-state index is 13.4. The van der Waals surface area contributed by atoms with E-state index in [0.717, 1.165) is 30.7 Å². The number of carbonyl (C=O) groups excluding carboxylic acids is 1. The SMILES string of the molecule is O=C(CN1CC=C(c2ccc(O)cc2)CC1)Nc1nc(-c2ccc(F)c(F)c2)cs1. The molecule has 2 aromatic carbocycles. The summed E-state index contributed by atoms with van der Waals surface area (Å²) in [4.78, 5) is 18.7. The largest absolute Gasteiger partial charge is 0.508 e. The van der Waals surface area contributed by atoms with E-state index < -0.39 is 11.6 Å². The lowest BCUT2D eigenvalue weighted by molar-refractivity contribution is -0.117. The summed E-state index contributed by atoms with van der Waals surface area (Å²) in [6.07, 6.45) is 2.91. The smallest absolute Gasteiger partial charge is 0.240 e. The Kier molecular flexibility index (Phi) is 5.87. The van der Waals surface area contributed by atoms with Crippen LogP contribution in [-0.2, 0) is 4.79 Å². The van der Waals surface area contributed by atoms with Crippen molar-refractivity contribution in [1.82, 2.24) is 9.88 Å². The first-order valence-electron chi connectivity index (χ1n) is 9.39. The van der Waals surface area contributed by atoms with E-state index in [9.17, 15) is 18.7 Å². The van der Waals surface area contributed by atoms with Crippen molar-refractivity contribution in [2.45, 2.75) is 6.42 Å². The maximum absolute atomic E-state index is 13.4. The van der Waals surface area contributed by atoms with E-state index in [2.05, 4.69) is 16.4 Å². The average molecular weight is 427 g/mol. The van der Waals surface area contributed by atoms with Crippen LogP contribution in [-0.4, -0.2) is 40.5 Å². The number of nitrogens with zero attached hydrogens (tertiary/aromatic N) is 2. The van der Waals surface area contributed by atoms with Crippen LogP contribution in [0.5, 0.6) is 5.75 Å². The van der Waals surface area contributed by atoms with Crippen LogP contribution >= 0.6 is 11.3 Å². The highest BCUT2D eigenvalue weighted by atomic mass is 32.1. The van der Waals surface area contributed by atoms with Crippen LogP contribution in [0.25, 0.3) is 16.8 Å². The summed E-state index contributed by atoms with van der Waals surface area (Å²) in [6, 6.07) is 10.7. The van der Waals surface area contributed by atoms with Crippen molar-refractivity contribution in [3.05, 3.63) is 71.1 Å². The van der Waals surface area contributed by atoms with Gasteiger partial charge in [-0.05, 0) is 47.9 Å². The molecule has 1 amide bonds. The second-order valence-corrected chi connectivity index (χ2v) is 7.83. The van der Waals surface area contributed by atoms with Crippen LogP contribution in [0, 0.1) is 11.6 Å². The van der Waals surface area contributed by atoms with E-state index in [4.69, 9.17) is 0 Å². The molecule has 0 atom stereocenters. The Balaban J connectivity index is 1.33. The monoisotopic (exact) mass is 427 g/mol. The van der Waals surface area contributed by atoms with Crippen molar-refractivity contribution in [2.75, 3.05) is 25.0 Å². The Morgan fingerprint density at radius 3 is 2.60 bits per heavy atom. The summed E-state index contributed by atoms with van der Waals surface area (Å²) >= 11 is 1.23. The summed E-state index contributed by atoms with van der Waals surface area (Å²) in [7, 11) is 0. The van der Waals surface area contributed by atoms with Crippen LogP contribution in [0.15, 0.2) is 53.9 Å². The molecule has 0 saturated heterocycles.